The molecule has 7 unspecified atom stereocenters. The Morgan fingerprint density at radius 1 is 0.923 bits per heavy atom. The molecule has 7 atom stereocenters. The standard InChI is InChI=1S/C12H15F/c13-10-5-8-4-9(10)12-7-2-1-6(3-7)11(8)12/h1-2,6-12H,3-5H2. The van der Waals surface area contributed by atoms with Crippen LogP contribution < -0.4 is 0 Å². The molecule has 0 saturated heterocycles. The highest BCUT2D eigenvalue weighted by molar-refractivity contribution is 5.20. The summed E-state index contributed by atoms with van der Waals surface area (Å²) in [5.41, 5.74) is 0. The molecule has 0 amide bonds. The molecule has 4 bridgehead atoms. The number of hydrogen-bond donors (Lipinski definition) is 0. The first-order valence-corrected chi connectivity index (χ1v) is 5.67. The van der Waals surface area contributed by atoms with Crippen LogP contribution in [0.15, 0.2) is 12.2 Å². The van der Waals surface area contributed by atoms with Crippen molar-refractivity contribution in [2.24, 2.45) is 35.5 Å². The van der Waals surface area contributed by atoms with Gasteiger partial charge in [0, 0.05) is 0 Å². The normalized spacial score (nSPS) is 66.4. The van der Waals surface area contributed by atoms with E-state index in [0.29, 0.717) is 5.92 Å². The number of rotatable bonds is 0. The largest absolute Gasteiger partial charge is 0.247 e. The molecular weight excluding hydrogens is 163 g/mol. The lowest BCUT2D eigenvalue weighted by Gasteiger charge is -2.33. The topological polar surface area (TPSA) is 0 Å². The van der Waals surface area contributed by atoms with Crippen LogP contribution in [0.25, 0.3) is 0 Å². The molecule has 0 nitrogen and oxygen atoms in total. The van der Waals surface area contributed by atoms with Gasteiger partial charge in [0.15, 0.2) is 0 Å². The molecule has 0 aromatic rings. The molecule has 70 valence electrons. The molecule has 0 aliphatic heterocycles. The quantitative estimate of drug-likeness (QED) is 0.395. The van der Waals surface area contributed by atoms with Crippen molar-refractivity contribution in [3.8, 4) is 0 Å². The minimum atomic E-state index is -0.445. The van der Waals surface area contributed by atoms with Crippen LogP contribution in [0.5, 0.6) is 0 Å². The molecule has 0 radical (unpaired) electrons. The fraction of sp³-hybridized carbons (Fsp3) is 0.833. The van der Waals surface area contributed by atoms with E-state index in [-0.39, 0.29) is 0 Å². The van der Waals surface area contributed by atoms with E-state index in [9.17, 15) is 4.39 Å². The molecule has 4 rings (SSSR count). The molecule has 1 heteroatoms. The van der Waals surface area contributed by atoms with Crippen molar-refractivity contribution in [2.45, 2.75) is 25.4 Å². The molecule has 0 spiro atoms. The highest BCUT2D eigenvalue weighted by atomic mass is 19.1. The van der Waals surface area contributed by atoms with Gasteiger partial charge in [0.05, 0.1) is 0 Å². The minimum absolute atomic E-state index is 0.445. The summed E-state index contributed by atoms with van der Waals surface area (Å²) < 4.78 is 13.6. The van der Waals surface area contributed by atoms with Gasteiger partial charge in [-0.1, -0.05) is 12.2 Å². The van der Waals surface area contributed by atoms with E-state index in [2.05, 4.69) is 12.2 Å². The Morgan fingerprint density at radius 2 is 1.69 bits per heavy atom. The lowest BCUT2D eigenvalue weighted by Crippen LogP contribution is -2.31. The van der Waals surface area contributed by atoms with Crippen LogP contribution in [0.2, 0.25) is 0 Å². The van der Waals surface area contributed by atoms with Gasteiger partial charge in [0.1, 0.15) is 6.17 Å². The second kappa shape index (κ2) is 2.02. The highest BCUT2D eigenvalue weighted by Crippen LogP contribution is 2.65. The third kappa shape index (κ3) is 0.660. The number of fused-ring (bicyclic) bond motifs is 9. The Kier molecular flexibility index (Phi) is 1.09. The van der Waals surface area contributed by atoms with Crippen LogP contribution in [0.3, 0.4) is 0 Å². The van der Waals surface area contributed by atoms with Crippen LogP contribution >= 0.6 is 0 Å². The zero-order valence-electron chi connectivity index (χ0n) is 7.70. The molecule has 3 saturated carbocycles. The van der Waals surface area contributed by atoms with Crippen LogP contribution in [0, 0.1) is 35.5 Å². The molecule has 13 heavy (non-hydrogen) atoms. The van der Waals surface area contributed by atoms with Crippen LogP contribution in [0.1, 0.15) is 19.3 Å². The van der Waals surface area contributed by atoms with Gasteiger partial charge in [-0.2, -0.15) is 0 Å². The number of halogens is 1. The Bertz CT molecular complexity index is 283. The summed E-state index contributed by atoms with van der Waals surface area (Å²) in [6.45, 7) is 0. The highest BCUT2D eigenvalue weighted by Gasteiger charge is 2.61. The average Bonchev–Trinajstić information content (AvgIpc) is 2.78. The maximum atomic E-state index is 13.6. The van der Waals surface area contributed by atoms with Gasteiger partial charge in [0.25, 0.3) is 0 Å². The fourth-order valence-corrected chi connectivity index (χ4v) is 4.94. The lowest BCUT2D eigenvalue weighted by atomic mass is 9.73. The Labute approximate surface area is 78.2 Å². The first-order chi connectivity index (χ1) is 6.34. The SMILES string of the molecule is FC1CC2CC1C1C3C=CC(C3)C21. The molecule has 4 aliphatic carbocycles. The zero-order chi connectivity index (χ0) is 8.58. The first kappa shape index (κ1) is 7.03. The molecule has 0 aromatic heterocycles. The minimum Gasteiger partial charge on any atom is -0.247 e. The Morgan fingerprint density at radius 3 is 2.54 bits per heavy atom. The van der Waals surface area contributed by atoms with Gasteiger partial charge in [-0.15, -0.1) is 0 Å². The summed E-state index contributed by atoms with van der Waals surface area (Å²) in [4.78, 5) is 0. The van der Waals surface area contributed by atoms with Crippen LogP contribution in [-0.2, 0) is 0 Å². The van der Waals surface area contributed by atoms with Crippen molar-refractivity contribution in [3.05, 3.63) is 12.2 Å². The van der Waals surface area contributed by atoms with Crippen LogP contribution in [0.4, 0.5) is 4.39 Å². The number of allylic oxidation sites excluding steroid dienone is 2. The monoisotopic (exact) mass is 178 g/mol. The Hall–Kier alpha value is -0.330. The van der Waals surface area contributed by atoms with Gasteiger partial charge in [-0.05, 0) is 54.8 Å². The molecule has 0 N–H and O–H groups in total. The van der Waals surface area contributed by atoms with Crippen molar-refractivity contribution in [1.82, 2.24) is 0 Å². The van der Waals surface area contributed by atoms with E-state index in [1.165, 1.54) is 12.8 Å². The van der Waals surface area contributed by atoms with Gasteiger partial charge >= 0.3 is 0 Å². The first-order valence-electron chi connectivity index (χ1n) is 5.67. The predicted molar refractivity (Wildman–Crippen MR) is 48.8 cm³/mol. The van der Waals surface area contributed by atoms with E-state index < -0.39 is 6.17 Å². The van der Waals surface area contributed by atoms with Gasteiger partial charge < -0.3 is 0 Å². The second-order valence-corrected chi connectivity index (χ2v) is 5.51. The smallest absolute Gasteiger partial charge is 0.103 e. The predicted octanol–water partition coefficient (Wildman–Crippen LogP) is 2.80. The molecule has 4 aliphatic rings. The van der Waals surface area contributed by atoms with Crippen molar-refractivity contribution >= 4 is 0 Å². The zero-order valence-corrected chi connectivity index (χ0v) is 7.70. The summed E-state index contributed by atoms with van der Waals surface area (Å²) in [6, 6.07) is 0. The van der Waals surface area contributed by atoms with Crippen molar-refractivity contribution < 1.29 is 4.39 Å². The summed E-state index contributed by atoms with van der Waals surface area (Å²) in [6.07, 6.45) is 7.81. The summed E-state index contributed by atoms with van der Waals surface area (Å²) >= 11 is 0. The molecule has 3 fully saturated rings. The van der Waals surface area contributed by atoms with Crippen molar-refractivity contribution in [3.63, 3.8) is 0 Å². The van der Waals surface area contributed by atoms with E-state index in [0.717, 1.165) is 36.0 Å². The van der Waals surface area contributed by atoms with Crippen molar-refractivity contribution in [1.29, 1.82) is 0 Å². The summed E-state index contributed by atoms with van der Waals surface area (Å²) in [7, 11) is 0. The van der Waals surface area contributed by atoms with E-state index in [4.69, 9.17) is 0 Å². The summed E-state index contributed by atoms with van der Waals surface area (Å²) in [5.74, 6) is 4.47. The van der Waals surface area contributed by atoms with Gasteiger partial charge in [-0.3, -0.25) is 0 Å². The van der Waals surface area contributed by atoms with Crippen molar-refractivity contribution in [2.75, 3.05) is 0 Å². The molecule has 0 aromatic carbocycles. The van der Waals surface area contributed by atoms with E-state index in [1.807, 2.05) is 0 Å². The second-order valence-electron chi connectivity index (χ2n) is 5.51. The van der Waals surface area contributed by atoms with Gasteiger partial charge in [0.2, 0.25) is 0 Å². The average molecular weight is 178 g/mol. The van der Waals surface area contributed by atoms with E-state index >= 15 is 0 Å². The number of hydrogen-bond acceptors (Lipinski definition) is 0. The fourth-order valence-electron chi connectivity index (χ4n) is 4.94. The molecule has 0 heterocycles. The third-order valence-corrected chi connectivity index (χ3v) is 5.19. The lowest BCUT2D eigenvalue weighted by molar-refractivity contribution is 0.115. The number of alkyl halides is 1. The van der Waals surface area contributed by atoms with E-state index in [1.54, 1.807) is 0 Å². The van der Waals surface area contributed by atoms with Crippen LogP contribution in [-0.4, -0.2) is 6.17 Å². The molecular formula is C12H15F. The van der Waals surface area contributed by atoms with Gasteiger partial charge in [-0.25, -0.2) is 4.39 Å². The third-order valence-electron chi connectivity index (χ3n) is 5.19. The summed E-state index contributed by atoms with van der Waals surface area (Å²) in [5, 5.41) is 0. The Balaban J connectivity index is 1.79. The maximum absolute atomic E-state index is 13.6. The maximum Gasteiger partial charge on any atom is 0.103 e.